The third-order valence-electron chi connectivity index (χ3n) is 5.05. The fourth-order valence-corrected chi connectivity index (χ4v) is 3.08. The van der Waals surface area contributed by atoms with Gasteiger partial charge in [0.15, 0.2) is 5.96 Å². The molecule has 1 fully saturated rings. The smallest absolute Gasteiger partial charge is 0.251 e. The Morgan fingerprint density at radius 3 is 2.40 bits per heavy atom. The van der Waals surface area contributed by atoms with Gasteiger partial charge in [0.1, 0.15) is 0 Å². The molecule has 1 amide bonds. The van der Waals surface area contributed by atoms with Crippen LogP contribution in [-0.4, -0.2) is 38.0 Å². The predicted octanol–water partition coefficient (Wildman–Crippen LogP) is 2.94. The molecule has 1 aromatic carbocycles. The van der Waals surface area contributed by atoms with E-state index < -0.39 is 0 Å². The molecule has 1 aromatic rings. The molecular weight excluding hydrogens is 312 g/mol. The van der Waals surface area contributed by atoms with Gasteiger partial charge in [0, 0.05) is 31.7 Å². The molecule has 1 saturated carbocycles. The van der Waals surface area contributed by atoms with Gasteiger partial charge in [-0.25, -0.2) is 0 Å². The van der Waals surface area contributed by atoms with E-state index in [9.17, 15) is 4.79 Å². The number of guanidine groups is 1. The van der Waals surface area contributed by atoms with Gasteiger partial charge >= 0.3 is 0 Å². The minimum absolute atomic E-state index is 0.0176. The highest BCUT2D eigenvalue weighted by molar-refractivity contribution is 5.94. The van der Waals surface area contributed by atoms with Gasteiger partial charge in [0.25, 0.3) is 5.91 Å². The van der Waals surface area contributed by atoms with Crippen molar-refractivity contribution in [1.29, 1.82) is 0 Å². The number of carbonyl (C=O) groups is 1. The highest BCUT2D eigenvalue weighted by atomic mass is 16.1. The second-order valence-corrected chi connectivity index (χ2v) is 6.80. The van der Waals surface area contributed by atoms with E-state index in [-0.39, 0.29) is 5.91 Å². The SMILES string of the molecule is CCNC(=NCC1(CC)CCC1)NCCCNC(=O)c1ccccc1. The average molecular weight is 345 g/mol. The van der Waals surface area contributed by atoms with Gasteiger partial charge in [-0.05, 0) is 50.2 Å². The highest BCUT2D eigenvalue weighted by Crippen LogP contribution is 2.43. The maximum absolute atomic E-state index is 12.0. The van der Waals surface area contributed by atoms with Gasteiger partial charge in [0.2, 0.25) is 0 Å². The maximum Gasteiger partial charge on any atom is 0.251 e. The molecule has 3 N–H and O–H groups in total. The van der Waals surface area contributed by atoms with Crippen LogP contribution in [0.1, 0.15) is 56.3 Å². The second kappa shape index (κ2) is 10.1. The van der Waals surface area contributed by atoms with Gasteiger partial charge in [-0.15, -0.1) is 0 Å². The molecule has 138 valence electrons. The number of carbonyl (C=O) groups excluding carboxylic acids is 1. The van der Waals surface area contributed by atoms with Crippen molar-refractivity contribution in [2.24, 2.45) is 10.4 Å². The van der Waals surface area contributed by atoms with Crippen molar-refractivity contribution in [3.05, 3.63) is 35.9 Å². The standard InChI is InChI=1S/C20H32N4O/c1-3-20(12-8-13-20)16-24-19(21-4-2)23-15-9-14-22-18(25)17-10-6-5-7-11-17/h5-7,10-11H,3-4,8-9,12-16H2,1-2H3,(H,22,25)(H2,21,23,24). The Morgan fingerprint density at radius 2 is 1.80 bits per heavy atom. The van der Waals surface area contributed by atoms with Crippen LogP contribution in [0.25, 0.3) is 0 Å². The molecule has 0 saturated heterocycles. The van der Waals surface area contributed by atoms with E-state index in [1.165, 1.54) is 25.7 Å². The Kier molecular flexibility index (Phi) is 7.76. The zero-order valence-electron chi connectivity index (χ0n) is 15.6. The fraction of sp³-hybridized carbons (Fsp3) is 0.600. The summed E-state index contributed by atoms with van der Waals surface area (Å²) in [6.45, 7) is 7.55. The summed E-state index contributed by atoms with van der Waals surface area (Å²) >= 11 is 0. The molecule has 25 heavy (non-hydrogen) atoms. The first-order valence-electron chi connectivity index (χ1n) is 9.54. The van der Waals surface area contributed by atoms with Gasteiger partial charge in [-0.3, -0.25) is 9.79 Å². The van der Waals surface area contributed by atoms with Crippen LogP contribution < -0.4 is 16.0 Å². The van der Waals surface area contributed by atoms with Crippen LogP contribution in [0.3, 0.4) is 0 Å². The van der Waals surface area contributed by atoms with E-state index in [1.54, 1.807) is 0 Å². The lowest BCUT2D eigenvalue weighted by molar-refractivity contribution is 0.0953. The van der Waals surface area contributed by atoms with E-state index in [0.29, 0.717) is 17.5 Å². The third-order valence-corrected chi connectivity index (χ3v) is 5.05. The van der Waals surface area contributed by atoms with E-state index in [4.69, 9.17) is 4.99 Å². The summed E-state index contributed by atoms with van der Waals surface area (Å²) in [5.41, 5.74) is 1.14. The zero-order valence-corrected chi connectivity index (χ0v) is 15.6. The Hall–Kier alpha value is -2.04. The third kappa shape index (κ3) is 6.07. The number of aliphatic imine (C=N–C) groups is 1. The molecule has 0 radical (unpaired) electrons. The van der Waals surface area contributed by atoms with Crippen molar-refractivity contribution in [2.45, 2.75) is 46.0 Å². The molecule has 0 atom stereocenters. The molecule has 2 rings (SSSR count). The molecule has 5 nitrogen and oxygen atoms in total. The topological polar surface area (TPSA) is 65.5 Å². The summed E-state index contributed by atoms with van der Waals surface area (Å²) in [6.07, 6.45) is 6.02. The lowest BCUT2D eigenvalue weighted by atomic mass is 9.67. The molecular formula is C20H32N4O. The summed E-state index contributed by atoms with van der Waals surface area (Å²) in [6, 6.07) is 9.32. The number of nitrogens with one attached hydrogen (secondary N) is 3. The van der Waals surface area contributed by atoms with Crippen LogP contribution in [0.2, 0.25) is 0 Å². The molecule has 0 spiro atoms. The maximum atomic E-state index is 12.0. The molecule has 0 aliphatic heterocycles. The molecule has 0 bridgehead atoms. The quantitative estimate of drug-likeness (QED) is 0.367. The summed E-state index contributed by atoms with van der Waals surface area (Å²) in [4.78, 5) is 16.7. The van der Waals surface area contributed by atoms with Gasteiger partial charge in [-0.1, -0.05) is 31.5 Å². The molecule has 5 heteroatoms. The normalized spacial score (nSPS) is 16.0. The summed E-state index contributed by atoms with van der Waals surface area (Å²) in [5.74, 6) is 0.868. The monoisotopic (exact) mass is 344 g/mol. The predicted molar refractivity (Wildman–Crippen MR) is 104 cm³/mol. The number of benzene rings is 1. The largest absolute Gasteiger partial charge is 0.357 e. The van der Waals surface area contributed by atoms with Crippen LogP contribution in [0.5, 0.6) is 0 Å². The van der Waals surface area contributed by atoms with Gasteiger partial charge < -0.3 is 16.0 Å². The molecule has 0 aromatic heterocycles. The van der Waals surface area contributed by atoms with E-state index in [2.05, 4.69) is 29.8 Å². The van der Waals surface area contributed by atoms with Gasteiger partial charge in [0.05, 0.1) is 0 Å². The minimum atomic E-state index is -0.0176. The number of nitrogens with zero attached hydrogens (tertiary/aromatic N) is 1. The van der Waals surface area contributed by atoms with E-state index >= 15 is 0 Å². The molecule has 1 aliphatic rings. The van der Waals surface area contributed by atoms with Crippen molar-refractivity contribution >= 4 is 11.9 Å². The molecule has 1 aliphatic carbocycles. The number of rotatable bonds is 9. The summed E-state index contributed by atoms with van der Waals surface area (Å²) in [7, 11) is 0. The minimum Gasteiger partial charge on any atom is -0.357 e. The van der Waals surface area contributed by atoms with Crippen LogP contribution in [0, 0.1) is 5.41 Å². The van der Waals surface area contributed by atoms with E-state index in [1.807, 2.05) is 30.3 Å². The van der Waals surface area contributed by atoms with Crippen LogP contribution in [-0.2, 0) is 0 Å². The Balaban J connectivity index is 1.68. The molecule has 0 heterocycles. The number of amides is 1. The van der Waals surface area contributed by atoms with Crippen molar-refractivity contribution in [3.63, 3.8) is 0 Å². The summed E-state index contributed by atoms with van der Waals surface area (Å²) in [5, 5.41) is 9.62. The number of hydrogen-bond acceptors (Lipinski definition) is 2. The second-order valence-electron chi connectivity index (χ2n) is 6.80. The van der Waals surface area contributed by atoms with Crippen LogP contribution in [0.15, 0.2) is 35.3 Å². The highest BCUT2D eigenvalue weighted by Gasteiger charge is 2.34. The number of hydrogen-bond donors (Lipinski definition) is 3. The van der Waals surface area contributed by atoms with Crippen LogP contribution >= 0.6 is 0 Å². The summed E-state index contributed by atoms with van der Waals surface area (Å²) < 4.78 is 0. The lowest BCUT2D eigenvalue weighted by Gasteiger charge is -2.40. The van der Waals surface area contributed by atoms with Crippen molar-refractivity contribution in [2.75, 3.05) is 26.2 Å². The Morgan fingerprint density at radius 1 is 1.08 bits per heavy atom. The van der Waals surface area contributed by atoms with E-state index in [0.717, 1.165) is 32.0 Å². The average Bonchev–Trinajstić information content (AvgIpc) is 2.61. The first-order chi connectivity index (χ1) is 12.2. The molecule has 0 unspecified atom stereocenters. The van der Waals surface area contributed by atoms with Gasteiger partial charge in [-0.2, -0.15) is 0 Å². The Bertz CT molecular complexity index is 547. The fourth-order valence-electron chi connectivity index (χ4n) is 3.08. The van der Waals surface area contributed by atoms with Crippen LogP contribution in [0.4, 0.5) is 0 Å². The first-order valence-corrected chi connectivity index (χ1v) is 9.54. The van der Waals surface area contributed by atoms with Crippen molar-refractivity contribution < 1.29 is 4.79 Å². The zero-order chi connectivity index (χ0) is 18.0. The van der Waals surface area contributed by atoms with Crippen molar-refractivity contribution in [3.8, 4) is 0 Å². The Labute approximate surface area is 151 Å². The van der Waals surface area contributed by atoms with Crippen molar-refractivity contribution in [1.82, 2.24) is 16.0 Å². The first kappa shape index (κ1) is 19.3. The lowest BCUT2D eigenvalue weighted by Crippen LogP contribution is -2.40.